The molecule has 0 spiro atoms. The second kappa shape index (κ2) is 5.35. The Hall–Kier alpha value is -1.62. The molecule has 0 saturated carbocycles. The van der Waals surface area contributed by atoms with Crippen LogP contribution in [0.3, 0.4) is 0 Å². The SMILES string of the molecule is CCC(C)n1ccc(CC(N)c2cncn2C)n1. The zero-order valence-corrected chi connectivity index (χ0v) is 11.2. The molecule has 5 nitrogen and oxygen atoms in total. The lowest BCUT2D eigenvalue weighted by Gasteiger charge is -2.11. The molecule has 5 heteroatoms. The van der Waals surface area contributed by atoms with Crippen LogP contribution in [-0.2, 0) is 13.5 Å². The van der Waals surface area contributed by atoms with Crippen LogP contribution in [0.2, 0.25) is 0 Å². The van der Waals surface area contributed by atoms with Crippen molar-refractivity contribution in [3.05, 3.63) is 36.2 Å². The number of rotatable bonds is 5. The number of imidazole rings is 1. The van der Waals surface area contributed by atoms with Crippen molar-refractivity contribution in [3.8, 4) is 0 Å². The van der Waals surface area contributed by atoms with Crippen molar-refractivity contribution in [2.75, 3.05) is 0 Å². The van der Waals surface area contributed by atoms with Crippen LogP contribution < -0.4 is 5.73 Å². The van der Waals surface area contributed by atoms with Gasteiger partial charge in [0.05, 0.1) is 23.8 Å². The second-order valence-corrected chi connectivity index (χ2v) is 4.78. The maximum absolute atomic E-state index is 6.18. The molecule has 2 atom stereocenters. The molecule has 2 aromatic heterocycles. The lowest BCUT2D eigenvalue weighted by Crippen LogP contribution is -2.17. The lowest BCUT2D eigenvalue weighted by molar-refractivity contribution is 0.471. The molecular weight excluding hydrogens is 226 g/mol. The molecule has 0 amide bonds. The molecule has 98 valence electrons. The molecule has 2 unspecified atom stereocenters. The summed E-state index contributed by atoms with van der Waals surface area (Å²) in [5.74, 6) is 0. The van der Waals surface area contributed by atoms with Crippen molar-refractivity contribution >= 4 is 0 Å². The van der Waals surface area contributed by atoms with Gasteiger partial charge in [-0.3, -0.25) is 4.68 Å². The molecule has 0 aromatic carbocycles. The summed E-state index contributed by atoms with van der Waals surface area (Å²) in [4.78, 5) is 4.09. The van der Waals surface area contributed by atoms with E-state index >= 15 is 0 Å². The molecule has 2 N–H and O–H groups in total. The van der Waals surface area contributed by atoms with Gasteiger partial charge in [-0.15, -0.1) is 0 Å². The number of nitrogens with two attached hydrogens (primary N) is 1. The van der Waals surface area contributed by atoms with E-state index in [9.17, 15) is 0 Å². The Labute approximate surface area is 108 Å². The van der Waals surface area contributed by atoms with Gasteiger partial charge in [0.2, 0.25) is 0 Å². The molecule has 0 aliphatic rings. The quantitative estimate of drug-likeness (QED) is 0.876. The number of hydrogen-bond acceptors (Lipinski definition) is 3. The standard InChI is InChI=1S/C13H21N5/c1-4-10(2)18-6-5-11(16-18)7-12(14)13-8-15-9-17(13)3/h5-6,8-10,12H,4,7,14H2,1-3H3. The molecular formula is C13H21N5. The van der Waals surface area contributed by atoms with Crippen LogP contribution in [0.4, 0.5) is 0 Å². The van der Waals surface area contributed by atoms with Gasteiger partial charge in [0.15, 0.2) is 0 Å². The molecule has 2 aromatic rings. The van der Waals surface area contributed by atoms with E-state index in [-0.39, 0.29) is 6.04 Å². The molecule has 0 saturated heterocycles. The predicted octanol–water partition coefficient (Wildman–Crippen LogP) is 1.83. The van der Waals surface area contributed by atoms with E-state index in [0.29, 0.717) is 6.04 Å². The summed E-state index contributed by atoms with van der Waals surface area (Å²) in [7, 11) is 1.96. The van der Waals surface area contributed by atoms with Crippen molar-refractivity contribution in [1.82, 2.24) is 19.3 Å². The molecule has 0 aliphatic heterocycles. The Bertz CT molecular complexity index is 499. The van der Waals surface area contributed by atoms with Crippen molar-refractivity contribution in [2.45, 2.75) is 38.8 Å². The Morgan fingerprint density at radius 1 is 1.44 bits per heavy atom. The van der Waals surface area contributed by atoms with E-state index in [0.717, 1.165) is 24.2 Å². The first kappa shape index (κ1) is 12.8. The lowest BCUT2D eigenvalue weighted by atomic mass is 10.1. The first-order chi connectivity index (χ1) is 8.61. The van der Waals surface area contributed by atoms with Gasteiger partial charge < -0.3 is 10.3 Å². The fourth-order valence-electron chi connectivity index (χ4n) is 1.97. The number of aryl methyl sites for hydroxylation is 1. The highest BCUT2D eigenvalue weighted by Gasteiger charge is 2.13. The Morgan fingerprint density at radius 2 is 2.22 bits per heavy atom. The Kier molecular flexibility index (Phi) is 3.81. The third kappa shape index (κ3) is 2.61. The summed E-state index contributed by atoms with van der Waals surface area (Å²) in [5.41, 5.74) is 8.25. The molecule has 18 heavy (non-hydrogen) atoms. The fourth-order valence-corrected chi connectivity index (χ4v) is 1.97. The Morgan fingerprint density at radius 3 is 2.83 bits per heavy atom. The van der Waals surface area contributed by atoms with Crippen LogP contribution in [0, 0.1) is 0 Å². The van der Waals surface area contributed by atoms with E-state index in [1.165, 1.54) is 0 Å². The second-order valence-electron chi connectivity index (χ2n) is 4.78. The van der Waals surface area contributed by atoms with E-state index in [4.69, 9.17) is 5.73 Å². The van der Waals surface area contributed by atoms with Crippen LogP contribution in [0.25, 0.3) is 0 Å². The number of nitrogens with zero attached hydrogens (tertiary/aromatic N) is 4. The first-order valence-electron chi connectivity index (χ1n) is 6.37. The maximum Gasteiger partial charge on any atom is 0.0946 e. The van der Waals surface area contributed by atoms with Crippen molar-refractivity contribution in [3.63, 3.8) is 0 Å². The smallest absolute Gasteiger partial charge is 0.0946 e. The van der Waals surface area contributed by atoms with Gasteiger partial charge >= 0.3 is 0 Å². The zero-order valence-electron chi connectivity index (χ0n) is 11.2. The van der Waals surface area contributed by atoms with Crippen LogP contribution >= 0.6 is 0 Å². The topological polar surface area (TPSA) is 61.7 Å². The molecule has 2 rings (SSSR count). The van der Waals surface area contributed by atoms with Gasteiger partial charge in [-0.25, -0.2) is 4.98 Å². The third-order valence-electron chi connectivity index (χ3n) is 3.37. The van der Waals surface area contributed by atoms with Crippen LogP contribution in [0.15, 0.2) is 24.8 Å². The van der Waals surface area contributed by atoms with Gasteiger partial charge in [0.25, 0.3) is 0 Å². The largest absolute Gasteiger partial charge is 0.336 e. The van der Waals surface area contributed by atoms with Crippen LogP contribution in [-0.4, -0.2) is 19.3 Å². The highest BCUT2D eigenvalue weighted by molar-refractivity contribution is 5.10. The van der Waals surface area contributed by atoms with Crippen LogP contribution in [0.5, 0.6) is 0 Å². The summed E-state index contributed by atoms with van der Waals surface area (Å²) in [5, 5.41) is 4.57. The number of aromatic nitrogens is 4. The average molecular weight is 247 g/mol. The van der Waals surface area contributed by atoms with E-state index < -0.39 is 0 Å². The highest BCUT2D eigenvalue weighted by atomic mass is 15.3. The zero-order chi connectivity index (χ0) is 13.1. The van der Waals surface area contributed by atoms with Crippen molar-refractivity contribution < 1.29 is 0 Å². The van der Waals surface area contributed by atoms with E-state index in [1.807, 2.05) is 34.8 Å². The summed E-state index contributed by atoms with van der Waals surface area (Å²) in [6.07, 6.45) is 7.43. The summed E-state index contributed by atoms with van der Waals surface area (Å²) in [6.45, 7) is 4.32. The fraction of sp³-hybridized carbons (Fsp3) is 0.538. The molecule has 2 heterocycles. The Balaban J connectivity index is 2.06. The first-order valence-corrected chi connectivity index (χ1v) is 6.37. The van der Waals surface area contributed by atoms with Gasteiger partial charge in [-0.1, -0.05) is 6.92 Å². The summed E-state index contributed by atoms with van der Waals surface area (Å²) >= 11 is 0. The van der Waals surface area contributed by atoms with Crippen molar-refractivity contribution in [2.24, 2.45) is 12.8 Å². The van der Waals surface area contributed by atoms with Crippen LogP contribution in [0.1, 0.15) is 43.7 Å². The average Bonchev–Trinajstić information content (AvgIpc) is 2.97. The molecule has 0 bridgehead atoms. The maximum atomic E-state index is 6.18. The van der Waals surface area contributed by atoms with Crippen molar-refractivity contribution in [1.29, 1.82) is 0 Å². The molecule has 0 radical (unpaired) electrons. The summed E-state index contributed by atoms with van der Waals surface area (Å²) in [6, 6.07) is 2.42. The molecule has 0 aliphatic carbocycles. The minimum absolute atomic E-state index is 0.0576. The van der Waals surface area contributed by atoms with Gasteiger partial charge in [0, 0.05) is 31.9 Å². The van der Waals surface area contributed by atoms with E-state index in [1.54, 1.807) is 6.33 Å². The monoisotopic (exact) mass is 247 g/mol. The normalized spacial score (nSPS) is 14.7. The number of hydrogen-bond donors (Lipinski definition) is 1. The predicted molar refractivity (Wildman–Crippen MR) is 71.1 cm³/mol. The van der Waals surface area contributed by atoms with E-state index in [2.05, 4.69) is 23.9 Å². The van der Waals surface area contributed by atoms with Gasteiger partial charge in [-0.05, 0) is 19.4 Å². The highest BCUT2D eigenvalue weighted by Crippen LogP contribution is 2.15. The third-order valence-corrected chi connectivity index (χ3v) is 3.37. The van der Waals surface area contributed by atoms with Gasteiger partial charge in [0.1, 0.15) is 0 Å². The molecule has 0 fully saturated rings. The summed E-state index contributed by atoms with van der Waals surface area (Å²) < 4.78 is 3.96. The minimum atomic E-state index is -0.0576. The minimum Gasteiger partial charge on any atom is -0.336 e. The van der Waals surface area contributed by atoms with Gasteiger partial charge in [-0.2, -0.15) is 5.10 Å².